The van der Waals surface area contributed by atoms with E-state index in [0.717, 1.165) is 21.2 Å². The van der Waals surface area contributed by atoms with Crippen LogP contribution in [0.3, 0.4) is 0 Å². The Hall–Kier alpha value is -3.10. The molecule has 0 spiro atoms. The number of fused-ring (bicyclic) bond motifs is 1. The van der Waals surface area contributed by atoms with Crippen molar-refractivity contribution in [1.82, 2.24) is 10.2 Å². The average Bonchev–Trinajstić information content (AvgIpc) is 3.11. The minimum absolute atomic E-state index is 0.0536. The lowest BCUT2D eigenvalue weighted by atomic mass is 10.00. The molecule has 1 aromatic heterocycles. The van der Waals surface area contributed by atoms with Crippen molar-refractivity contribution >= 4 is 33.2 Å². The second-order valence-electron chi connectivity index (χ2n) is 8.22. The highest BCUT2D eigenvalue weighted by molar-refractivity contribution is 7.17. The number of thiophene rings is 1. The topological polar surface area (TPSA) is 49.4 Å². The Labute approximate surface area is 181 Å². The number of benzene rings is 2. The van der Waals surface area contributed by atoms with Gasteiger partial charge in [-0.2, -0.15) is 0 Å². The van der Waals surface area contributed by atoms with Gasteiger partial charge in [-0.1, -0.05) is 54.5 Å². The van der Waals surface area contributed by atoms with Gasteiger partial charge in [-0.05, 0) is 43.2 Å². The lowest BCUT2D eigenvalue weighted by Crippen LogP contribution is -2.49. The normalized spacial score (nSPS) is 12.2. The van der Waals surface area contributed by atoms with Crippen LogP contribution in [0.4, 0.5) is 0 Å². The zero-order valence-electron chi connectivity index (χ0n) is 17.5. The molecule has 0 fully saturated rings. The lowest BCUT2D eigenvalue weighted by Gasteiger charge is -2.32. The first kappa shape index (κ1) is 21.6. The maximum atomic E-state index is 13.4. The number of carbonyl (C=O) groups is 2. The van der Waals surface area contributed by atoms with Gasteiger partial charge in [0, 0.05) is 15.8 Å². The van der Waals surface area contributed by atoms with Gasteiger partial charge in [-0.15, -0.1) is 17.8 Å². The molecule has 4 nitrogen and oxygen atoms in total. The SMILES string of the molecule is C#CCN(C(=O)Cc1ccccc1)C(C(=O)NC(C)(C)C)c1csc2ccccc12. The number of amides is 2. The Bertz CT molecular complexity index is 1070. The second kappa shape index (κ2) is 9.15. The van der Waals surface area contributed by atoms with E-state index in [1.807, 2.05) is 80.7 Å². The van der Waals surface area contributed by atoms with Gasteiger partial charge in [0.25, 0.3) is 0 Å². The molecule has 3 aromatic rings. The summed E-state index contributed by atoms with van der Waals surface area (Å²) in [5.41, 5.74) is 1.24. The third-order valence-corrected chi connectivity index (χ3v) is 5.63. The molecule has 3 rings (SSSR count). The van der Waals surface area contributed by atoms with Crippen molar-refractivity contribution in [1.29, 1.82) is 0 Å². The second-order valence-corrected chi connectivity index (χ2v) is 9.13. The van der Waals surface area contributed by atoms with Gasteiger partial charge < -0.3 is 10.2 Å². The van der Waals surface area contributed by atoms with Gasteiger partial charge >= 0.3 is 0 Å². The monoisotopic (exact) mass is 418 g/mol. The maximum Gasteiger partial charge on any atom is 0.247 e. The number of hydrogen-bond donors (Lipinski definition) is 1. The predicted molar refractivity (Wildman–Crippen MR) is 123 cm³/mol. The van der Waals surface area contributed by atoms with E-state index in [9.17, 15) is 9.59 Å². The van der Waals surface area contributed by atoms with Crippen LogP contribution in [0.1, 0.15) is 37.9 Å². The molecular formula is C25H26N2O2S. The van der Waals surface area contributed by atoms with E-state index in [1.54, 1.807) is 11.3 Å². The van der Waals surface area contributed by atoms with Gasteiger partial charge in [0.2, 0.25) is 11.8 Å². The van der Waals surface area contributed by atoms with Gasteiger partial charge in [0.05, 0.1) is 13.0 Å². The highest BCUT2D eigenvalue weighted by atomic mass is 32.1. The third-order valence-electron chi connectivity index (χ3n) is 4.64. The summed E-state index contributed by atoms with van der Waals surface area (Å²) in [6.07, 6.45) is 5.80. The van der Waals surface area contributed by atoms with E-state index in [1.165, 1.54) is 4.90 Å². The highest BCUT2D eigenvalue weighted by Gasteiger charge is 2.34. The molecule has 0 saturated heterocycles. The summed E-state index contributed by atoms with van der Waals surface area (Å²) in [6.45, 7) is 5.82. The summed E-state index contributed by atoms with van der Waals surface area (Å²) in [7, 11) is 0. The van der Waals surface area contributed by atoms with Crippen molar-refractivity contribution in [2.75, 3.05) is 6.54 Å². The fourth-order valence-electron chi connectivity index (χ4n) is 3.39. The van der Waals surface area contributed by atoms with Crippen molar-refractivity contribution in [3.05, 3.63) is 71.1 Å². The van der Waals surface area contributed by atoms with Crippen LogP contribution in [-0.4, -0.2) is 28.8 Å². The fourth-order valence-corrected chi connectivity index (χ4v) is 4.37. The predicted octanol–water partition coefficient (Wildman–Crippen LogP) is 4.56. The van der Waals surface area contributed by atoms with Crippen molar-refractivity contribution in [3.63, 3.8) is 0 Å². The van der Waals surface area contributed by atoms with Crippen LogP contribution in [0.2, 0.25) is 0 Å². The molecule has 0 aliphatic carbocycles. The van der Waals surface area contributed by atoms with Crippen LogP contribution in [0, 0.1) is 12.3 Å². The van der Waals surface area contributed by atoms with Crippen LogP contribution in [0.5, 0.6) is 0 Å². The van der Waals surface area contributed by atoms with E-state index in [-0.39, 0.29) is 24.8 Å². The summed E-state index contributed by atoms with van der Waals surface area (Å²) in [5, 5.41) is 5.95. The number of rotatable bonds is 6. The molecule has 1 unspecified atom stereocenters. The summed E-state index contributed by atoms with van der Waals surface area (Å²) >= 11 is 1.56. The first-order valence-electron chi connectivity index (χ1n) is 9.85. The van der Waals surface area contributed by atoms with Gasteiger partial charge in [-0.25, -0.2) is 0 Å². The zero-order valence-corrected chi connectivity index (χ0v) is 18.3. The Morgan fingerprint density at radius 2 is 1.77 bits per heavy atom. The number of terminal acetylenes is 1. The van der Waals surface area contributed by atoms with Crippen molar-refractivity contribution in [3.8, 4) is 12.3 Å². The molecule has 1 N–H and O–H groups in total. The average molecular weight is 419 g/mol. The summed E-state index contributed by atoms with van der Waals surface area (Å²) < 4.78 is 1.07. The smallest absolute Gasteiger partial charge is 0.247 e. The van der Waals surface area contributed by atoms with Gasteiger partial charge in [-0.3, -0.25) is 9.59 Å². The molecule has 1 atom stereocenters. The maximum absolute atomic E-state index is 13.4. The molecule has 0 bridgehead atoms. The Morgan fingerprint density at radius 3 is 2.43 bits per heavy atom. The number of nitrogens with one attached hydrogen (secondary N) is 1. The van der Waals surface area contributed by atoms with E-state index >= 15 is 0 Å². The standard InChI is InChI=1S/C25H26N2O2S/c1-5-15-27(22(28)16-18-11-7-6-8-12-18)23(24(29)26-25(2,3)4)20-17-30-21-14-10-9-13-19(20)21/h1,6-14,17,23H,15-16H2,2-4H3,(H,26,29). The fraction of sp³-hybridized carbons (Fsp3) is 0.280. The van der Waals surface area contributed by atoms with Gasteiger partial charge in [0.15, 0.2) is 0 Å². The minimum atomic E-state index is -0.798. The van der Waals surface area contributed by atoms with Crippen LogP contribution in [-0.2, 0) is 16.0 Å². The number of carbonyl (C=O) groups excluding carboxylic acids is 2. The van der Waals surface area contributed by atoms with Gasteiger partial charge in [0.1, 0.15) is 6.04 Å². The summed E-state index contributed by atoms with van der Waals surface area (Å²) in [5.74, 6) is 2.16. The first-order chi connectivity index (χ1) is 14.3. The highest BCUT2D eigenvalue weighted by Crippen LogP contribution is 2.34. The van der Waals surface area contributed by atoms with Crippen LogP contribution in [0.25, 0.3) is 10.1 Å². The van der Waals surface area contributed by atoms with Crippen molar-refractivity contribution in [2.24, 2.45) is 0 Å². The van der Waals surface area contributed by atoms with E-state index in [2.05, 4.69) is 11.2 Å². The molecule has 154 valence electrons. The number of nitrogens with zero attached hydrogens (tertiary/aromatic N) is 1. The third kappa shape index (κ3) is 5.08. The van der Waals surface area contributed by atoms with Crippen LogP contribution in [0.15, 0.2) is 60.0 Å². The lowest BCUT2D eigenvalue weighted by molar-refractivity contribution is -0.140. The van der Waals surface area contributed by atoms with Crippen molar-refractivity contribution in [2.45, 2.75) is 38.8 Å². The first-order valence-corrected chi connectivity index (χ1v) is 10.7. The molecule has 5 heteroatoms. The molecule has 0 aliphatic heterocycles. The molecular weight excluding hydrogens is 392 g/mol. The molecule has 0 radical (unpaired) electrons. The largest absolute Gasteiger partial charge is 0.349 e. The number of hydrogen-bond acceptors (Lipinski definition) is 3. The Balaban J connectivity index is 2.04. The quantitative estimate of drug-likeness (QED) is 0.597. The molecule has 2 aromatic carbocycles. The molecule has 0 aliphatic rings. The zero-order chi connectivity index (χ0) is 21.7. The molecule has 30 heavy (non-hydrogen) atoms. The van der Waals surface area contributed by atoms with E-state index in [4.69, 9.17) is 6.42 Å². The van der Waals surface area contributed by atoms with Crippen LogP contribution >= 0.6 is 11.3 Å². The van der Waals surface area contributed by atoms with E-state index < -0.39 is 11.6 Å². The molecule has 0 saturated carbocycles. The van der Waals surface area contributed by atoms with E-state index in [0.29, 0.717) is 0 Å². The van der Waals surface area contributed by atoms with Crippen molar-refractivity contribution < 1.29 is 9.59 Å². The van der Waals surface area contributed by atoms with Crippen LogP contribution < -0.4 is 5.32 Å². The molecule has 2 amide bonds. The Kier molecular flexibility index (Phi) is 6.59. The Morgan fingerprint density at radius 1 is 1.10 bits per heavy atom. The summed E-state index contributed by atoms with van der Waals surface area (Å²) in [6, 6.07) is 16.6. The summed E-state index contributed by atoms with van der Waals surface area (Å²) in [4.78, 5) is 28.2. The minimum Gasteiger partial charge on any atom is -0.349 e. The molecule has 1 heterocycles.